The quantitative estimate of drug-likeness (QED) is 0.587. The molecule has 0 fully saturated rings. The van der Waals surface area contributed by atoms with E-state index in [4.69, 9.17) is 24.3 Å². The van der Waals surface area contributed by atoms with Crippen molar-refractivity contribution in [3.05, 3.63) is 54.4 Å². The molecule has 0 unspecified atom stereocenters. The van der Waals surface area contributed by atoms with E-state index in [1.165, 1.54) is 0 Å². The van der Waals surface area contributed by atoms with Gasteiger partial charge in [0.25, 0.3) is 0 Å². The van der Waals surface area contributed by atoms with Gasteiger partial charge in [0.1, 0.15) is 17.2 Å². The van der Waals surface area contributed by atoms with Crippen LogP contribution >= 0.6 is 0 Å². The van der Waals surface area contributed by atoms with Crippen LogP contribution in [0.3, 0.4) is 0 Å². The van der Waals surface area contributed by atoms with E-state index >= 15 is 0 Å². The van der Waals surface area contributed by atoms with Gasteiger partial charge >= 0.3 is 11.9 Å². The molecule has 1 aromatic heterocycles. The fourth-order valence-electron chi connectivity index (χ4n) is 2.62. The third-order valence-corrected chi connectivity index (χ3v) is 4.01. The second-order valence-corrected chi connectivity index (χ2v) is 5.91. The van der Waals surface area contributed by atoms with Crippen molar-refractivity contribution < 1.29 is 23.8 Å². The number of nitriles is 1. The largest absolute Gasteiger partial charge is 0.497 e. The van der Waals surface area contributed by atoms with E-state index in [2.05, 4.69) is 4.98 Å². The molecule has 0 radical (unpaired) electrons. The maximum Gasteiger partial charge on any atom is 0.303 e. The number of methoxy groups -OCH3 is 1. The summed E-state index contributed by atoms with van der Waals surface area (Å²) in [5, 5.41) is 17.8. The zero-order valence-corrected chi connectivity index (χ0v) is 15.2. The minimum atomic E-state index is -0.844. The smallest absolute Gasteiger partial charge is 0.303 e. The summed E-state index contributed by atoms with van der Waals surface area (Å²) in [7, 11) is 1.59. The van der Waals surface area contributed by atoms with Crippen LogP contribution in [0, 0.1) is 11.3 Å². The first-order valence-corrected chi connectivity index (χ1v) is 8.61. The second kappa shape index (κ2) is 8.73. The molecule has 7 nitrogen and oxygen atoms in total. The van der Waals surface area contributed by atoms with Crippen molar-refractivity contribution in [3.63, 3.8) is 0 Å². The summed E-state index contributed by atoms with van der Waals surface area (Å²) < 4.78 is 16.3. The van der Waals surface area contributed by atoms with Crippen LogP contribution in [-0.2, 0) is 4.79 Å². The number of hydrogen-bond acceptors (Lipinski definition) is 6. The van der Waals surface area contributed by atoms with E-state index in [-0.39, 0.29) is 12.3 Å². The summed E-state index contributed by atoms with van der Waals surface area (Å²) in [5.41, 5.74) is 2.11. The van der Waals surface area contributed by atoms with Crippen molar-refractivity contribution >= 4 is 5.97 Å². The molecule has 3 rings (SSSR count). The van der Waals surface area contributed by atoms with Crippen molar-refractivity contribution in [2.24, 2.45) is 0 Å². The van der Waals surface area contributed by atoms with Crippen LogP contribution in [0.1, 0.15) is 18.7 Å². The van der Waals surface area contributed by atoms with Gasteiger partial charge in [0.05, 0.1) is 13.7 Å². The van der Waals surface area contributed by atoms with Crippen LogP contribution in [-0.4, -0.2) is 29.8 Å². The van der Waals surface area contributed by atoms with Gasteiger partial charge in [0.2, 0.25) is 0 Å². The van der Waals surface area contributed by atoms with Crippen LogP contribution in [0.15, 0.2) is 52.9 Å². The zero-order chi connectivity index (χ0) is 19.9. The number of benzene rings is 2. The highest BCUT2D eigenvalue weighted by molar-refractivity contribution is 5.77. The Bertz CT molecular complexity index is 985. The van der Waals surface area contributed by atoms with Crippen LogP contribution < -0.4 is 9.47 Å². The van der Waals surface area contributed by atoms with Crippen molar-refractivity contribution in [2.45, 2.75) is 12.8 Å². The Morgan fingerprint density at radius 3 is 2.36 bits per heavy atom. The number of aliphatic carboxylic acids is 1. The highest BCUT2D eigenvalue weighted by Gasteiger charge is 2.17. The lowest BCUT2D eigenvalue weighted by molar-refractivity contribution is -0.137. The molecule has 0 aliphatic carbocycles. The van der Waals surface area contributed by atoms with E-state index in [9.17, 15) is 4.79 Å². The monoisotopic (exact) mass is 378 g/mol. The lowest BCUT2D eigenvalue weighted by atomic mass is 10.1. The standard InChI is InChI=1S/C21H18N2O5/c1-26-16-8-4-14(5-9-16)20-21(28-18(13-22)23-20)15-6-10-17(11-7-15)27-12-2-3-19(24)25/h4-11H,2-3,12H2,1H3,(H,24,25). The average molecular weight is 378 g/mol. The lowest BCUT2D eigenvalue weighted by Crippen LogP contribution is -2.01. The van der Waals surface area contributed by atoms with Crippen LogP contribution in [0.5, 0.6) is 11.5 Å². The number of rotatable bonds is 8. The van der Waals surface area contributed by atoms with Crippen molar-refractivity contribution in [1.82, 2.24) is 4.98 Å². The van der Waals surface area contributed by atoms with Crippen molar-refractivity contribution in [3.8, 4) is 40.1 Å². The molecule has 0 amide bonds. The molecule has 0 saturated heterocycles. The Morgan fingerprint density at radius 2 is 1.75 bits per heavy atom. The molecule has 1 heterocycles. The van der Waals surface area contributed by atoms with Gasteiger partial charge in [-0.1, -0.05) is 0 Å². The summed E-state index contributed by atoms with van der Waals surface area (Å²) in [6.45, 7) is 0.323. The molecule has 1 N–H and O–H groups in total. The topological polar surface area (TPSA) is 106 Å². The van der Waals surface area contributed by atoms with Gasteiger partial charge in [0, 0.05) is 17.5 Å². The van der Waals surface area contributed by atoms with Gasteiger partial charge in [0.15, 0.2) is 11.8 Å². The van der Waals surface area contributed by atoms with Gasteiger partial charge in [-0.3, -0.25) is 4.79 Å². The van der Waals surface area contributed by atoms with Crippen molar-refractivity contribution in [2.75, 3.05) is 13.7 Å². The van der Waals surface area contributed by atoms with E-state index in [1.54, 1.807) is 31.4 Å². The first-order chi connectivity index (χ1) is 13.6. The van der Waals surface area contributed by atoms with Gasteiger partial charge in [-0.25, -0.2) is 0 Å². The summed E-state index contributed by atoms with van der Waals surface area (Å²) >= 11 is 0. The van der Waals surface area contributed by atoms with Gasteiger partial charge in [-0.2, -0.15) is 10.2 Å². The number of hydrogen-bond donors (Lipinski definition) is 1. The molecule has 3 aromatic rings. The van der Waals surface area contributed by atoms with E-state index in [1.807, 2.05) is 30.3 Å². The summed E-state index contributed by atoms with van der Waals surface area (Å²) in [6.07, 6.45) is 0.505. The fraction of sp³-hybridized carbons (Fsp3) is 0.190. The summed E-state index contributed by atoms with van der Waals surface area (Å²) in [4.78, 5) is 14.8. The number of nitrogens with zero attached hydrogens (tertiary/aromatic N) is 2. The Kier molecular flexibility index (Phi) is 5.92. The Morgan fingerprint density at radius 1 is 1.11 bits per heavy atom. The summed E-state index contributed by atoms with van der Waals surface area (Å²) in [6, 6.07) is 16.4. The van der Waals surface area contributed by atoms with Crippen LogP contribution in [0.2, 0.25) is 0 Å². The maximum absolute atomic E-state index is 10.5. The molecular weight excluding hydrogens is 360 g/mol. The fourth-order valence-corrected chi connectivity index (χ4v) is 2.62. The Balaban J connectivity index is 1.81. The molecule has 0 saturated carbocycles. The second-order valence-electron chi connectivity index (χ2n) is 5.91. The molecule has 28 heavy (non-hydrogen) atoms. The van der Waals surface area contributed by atoms with Gasteiger partial charge in [-0.05, 0) is 55.0 Å². The predicted octanol–water partition coefficient (Wildman–Crippen LogP) is 4.13. The van der Waals surface area contributed by atoms with Crippen molar-refractivity contribution in [1.29, 1.82) is 5.26 Å². The van der Waals surface area contributed by atoms with Gasteiger partial charge in [-0.15, -0.1) is 0 Å². The molecule has 0 atom stereocenters. The number of carboxylic acid groups (broad SMARTS) is 1. The molecule has 0 bridgehead atoms. The van der Waals surface area contributed by atoms with E-state index in [0.29, 0.717) is 30.2 Å². The van der Waals surface area contributed by atoms with Crippen LogP contribution in [0.25, 0.3) is 22.6 Å². The van der Waals surface area contributed by atoms with Gasteiger partial charge < -0.3 is 19.0 Å². The highest BCUT2D eigenvalue weighted by Crippen LogP contribution is 2.34. The highest BCUT2D eigenvalue weighted by atomic mass is 16.5. The third-order valence-electron chi connectivity index (χ3n) is 4.01. The molecule has 0 aliphatic heterocycles. The number of carboxylic acids is 1. The maximum atomic E-state index is 10.5. The lowest BCUT2D eigenvalue weighted by Gasteiger charge is -2.07. The minimum absolute atomic E-state index is 0.0187. The molecule has 0 spiro atoms. The molecule has 142 valence electrons. The SMILES string of the molecule is COc1ccc(-c2nc(C#N)oc2-c2ccc(OCCCC(=O)O)cc2)cc1. The Hall–Kier alpha value is -3.79. The average Bonchev–Trinajstić information content (AvgIpc) is 3.16. The zero-order valence-electron chi connectivity index (χ0n) is 15.2. The minimum Gasteiger partial charge on any atom is -0.497 e. The number of carbonyl (C=O) groups is 1. The number of ether oxygens (including phenoxy) is 2. The molecule has 7 heteroatoms. The first kappa shape index (κ1) is 19.0. The molecular formula is C21H18N2O5. The van der Waals surface area contributed by atoms with E-state index < -0.39 is 5.97 Å². The molecule has 0 aliphatic rings. The summed E-state index contributed by atoms with van der Waals surface area (Å²) in [5.74, 6) is 0.969. The third kappa shape index (κ3) is 4.48. The molecule has 2 aromatic carbocycles. The normalized spacial score (nSPS) is 10.3. The number of aromatic nitrogens is 1. The predicted molar refractivity (Wildman–Crippen MR) is 101 cm³/mol. The first-order valence-electron chi connectivity index (χ1n) is 8.61. The van der Waals surface area contributed by atoms with E-state index in [0.717, 1.165) is 16.9 Å². The number of oxazole rings is 1. The van der Waals surface area contributed by atoms with Crippen LogP contribution in [0.4, 0.5) is 0 Å². The Labute approximate surface area is 161 Å².